The lowest BCUT2D eigenvalue weighted by atomic mass is 10.1. The van der Waals surface area contributed by atoms with Gasteiger partial charge in [0.25, 0.3) is 5.91 Å². The van der Waals surface area contributed by atoms with Crippen molar-refractivity contribution < 1.29 is 27.3 Å². The first-order chi connectivity index (χ1) is 13.9. The Bertz CT molecular complexity index is 954. The summed E-state index contributed by atoms with van der Waals surface area (Å²) < 4.78 is 42.1. The molecule has 0 radical (unpaired) electrons. The zero-order valence-corrected chi connectivity index (χ0v) is 17.7. The Balaban J connectivity index is 1.70. The monoisotopic (exact) mass is 463 g/mol. The third kappa shape index (κ3) is 4.63. The molecule has 1 fully saturated rings. The maximum absolute atomic E-state index is 12.9. The van der Waals surface area contributed by atoms with Gasteiger partial charge in [-0.15, -0.1) is 0 Å². The van der Waals surface area contributed by atoms with Crippen LogP contribution >= 0.6 is 23.2 Å². The Kier molecular flexibility index (Phi) is 6.18. The Morgan fingerprint density at radius 2 is 1.93 bits per heavy atom. The first-order valence-corrected chi connectivity index (χ1v) is 9.59. The van der Waals surface area contributed by atoms with Crippen LogP contribution in [-0.2, 0) is 22.4 Å². The molecule has 0 bridgehead atoms. The predicted molar refractivity (Wildman–Crippen MR) is 103 cm³/mol. The predicted octanol–water partition coefficient (Wildman–Crippen LogP) is 5.24. The van der Waals surface area contributed by atoms with Crippen molar-refractivity contribution in [2.75, 3.05) is 7.11 Å². The molecule has 3 rings (SSSR count). The van der Waals surface area contributed by atoms with Gasteiger partial charge in [-0.2, -0.15) is 18.2 Å². The van der Waals surface area contributed by atoms with E-state index in [9.17, 15) is 18.0 Å². The van der Waals surface area contributed by atoms with Crippen molar-refractivity contribution in [1.82, 2.24) is 15.2 Å². The molecule has 2 atom stereocenters. The lowest BCUT2D eigenvalue weighted by molar-refractivity contribution is -0.181. The van der Waals surface area contributed by atoms with Crippen molar-refractivity contribution in [3.63, 3.8) is 0 Å². The molecule has 2 aromatic rings. The number of nitrogens with zero attached hydrogens (tertiary/aromatic N) is 3. The van der Waals surface area contributed by atoms with E-state index >= 15 is 0 Å². The molecule has 0 N–H and O–H groups in total. The summed E-state index contributed by atoms with van der Waals surface area (Å²) in [6, 6.07) is 6.36. The second-order valence-electron chi connectivity index (χ2n) is 7.46. The fourth-order valence-corrected chi connectivity index (χ4v) is 3.64. The minimum atomic E-state index is -4.71. The molecule has 162 valence electrons. The molecular formula is C19H18Cl2F3N3O3. The van der Waals surface area contributed by atoms with E-state index in [0.717, 1.165) is 0 Å². The number of aromatic nitrogens is 2. The molecular weight excluding hydrogens is 446 g/mol. The average molecular weight is 464 g/mol. The smallest absolute Gasteiger partial charge is 0.329 e. The average Bonchev–Trinajstić information content (AvgIpc) is 3.01. The summed E-state index contributed by atoms with van der Waals surface area (Å²) in [5.41, 5.74) is 0.745. The molecule has 1 heterocycles. The number of hydrogen-bond donors (Lipinski definition) is 0. The number of amides is 1. The highest BCUT2D eigenvalue weighted by Crippen LogP contribution is 2.60. The highest BCUT2D eigenvalue weighted by atomic mass is 35.5. The van der Waals surface area contributed by atoms with Crippen molar-refractivity contribution in [1.29, 1.82) is 0 Å². The van der Waals surface area contributed by atoms with Crippen LogP contribution in [0.4, 0.5) is 13.2 Å². The van der Waals surface area contributed by atoms with Gasteiger partial charge in [-0.1, -0.05) is 66.5 Å². The van der Waals surface area contributed by atoms with Crippen LogP contribution in [0, 0.1) is 17.3 Å². The third-order valence-corrected chi connectivity index (χ3v) is 5.41. The Labute approximate surface area is 180 Å². The molecule has 0 saturated heterocycles. The maximum atomic E-state index is 12.9. The maximum Gasteiger partial charge on any atom is 0.471 e. The van der Waals surface area contributed by atoms with E-state index in [0.29, 0.717) is 11.1 Å². The molecule has 1 aromatic carbocycles. The zero-order valence-electron chi connectivity index (χ0n) is 16.2. The van der Waals surface area contributed by atoms with Gasteiger partial charge in [-0.05, 0) is 23.0 Å². The summed E-state index contributed by atoms with van der Waals surface area (Å²) in [7, 11) is 1.39. The van der Waals surface area contributed by atoms with Crippen LogP contribution in [0.25, 0.3) is 11.4 Å². The summed E-state index contributed by atoms with van der Waals surface area (Å²) in [6.45, 7) is 4.03. The Morgan fingerprint density at radius 1 is 1.30 bits per heavy atom. The van der Waals surface area contributed by atoms with Gasteiger partial charge in [0.15, 0.2) is 0 Å². The molecule has 1 aliphatic rings. The molecule has 1 amide bonds. The van der Waals surface area contributed by atoms with Gasteiger partial charge < -0.3 is 4.52 Å². The van der Waals surface area contributed by atoms with E-state index in [1.807, 2.05) is 13.8 Å². The Morgan fingerprint density at radius 3 is 2.43 bits per heavy atom. The summed E-state index contributed by atoms with van der Waals surface area (Å²) in [4.78, 5) is 21.5. The number of allylic oxidation sites excluding steroid dienone is 1. The minimum Gasteiger partial charge on any atom is -0.329 e. The van der Waals surface area contributed by atoms with Gasteiger partial charge in [0.1, 0.15) is 4.49 Å². The first-order valence-electron chi connectivity index (χ1n) is 8.83. The molecule has 1 saturated carbocycles. The number of carbonyl (C=O) groups excluding carboxylic acids is 1. The minimum absolute atomic E-state index is 0.101. The van der Waals surface area contributed by atoms with Crippen LogP contribution in [0.2, 0.25) is 0 Å². The van der Waals surface area contributed by atoms with Crippen LogP contribution in [0.15, 0.2) is 39.4 Å². The second kappa shape index (κ2) is 8.20. The van der Waals surface area contributed by atoms with Gasteiger partial charge in [0.2, 0.25) is 5.82 Å². The van der Waals surface area contributed by atoms with Crippen LogP contribution in [0.3, 0.4) is 0 Å². The normalized spacial score (nSPS) is 20.0. The second-order valence-corrected chi connectivity index (χ2v) is 8.46. The molecule has 30 heavy (non-hydrogen) atoms. The Hall–Kier alpha value is -2.10. The van der Waals surface area contributed by atoms with E-state index < -0.39 is 12.1 Å². The largest absolute Gasteiger partial charge is 0.471 e. The molecule has 6 nitrogen and oxygen atoms in total. The fourth-order valence-electron chi connectivity index (χ4n) is 3.36. The summed E-state index contributed by atoms with van der Waals surface area (Å²) in [5, 5.41) is 4.57. The number of halogens is 5. The van der Waals surface area contributed by atoms with Gasteiger partial charge in [0, 0.05) is 5.56 Å². The molecule has 2 unspecified atom stereocenters. The molecule has 0 spiro atoms. The lowest BCUT2D eigenvalue weighted by Gasteiger charge is -2.20. The van der Waals surface area contributed by atoms with E-state index in [4.69, 9.17) is 28.0 Å². The summed E-state index contributed by atoms with van der Waals surface area (Å²) in [5.74, 6) is -2.23. The zero-order chi connectivity index (χ0) is 22.3. The first kappa shape index (κ1) is 22.6. The number of carbonyl (C=O) groups is 1. The number of hydroxylamine groups is 2. The van der Waals surface area contributed by atoms with Gasteiger partial charge in [-0.3, -0.25) is 9.63 Å². The molecule has 1 aliphatic carbocycles. The van der Waals surface area contributed by atoms with Crippen molar-refractivity contribution in [2.45, 2.75) is 26.6 Å². The van der Waals surface area contributed by atoms with Crippen LogP contribution in [0.5, 0.6) is 0 Å². The molecule has 1 aromatic heterocycles. The van der Waals surface area contributed by atoms with Crippen molar-refractivity contribution in [3.8, 4) is 11.4 Å². The van der Waals surface area contributed by atoms with Gasteiger partial charge in [0.05, 0.1) is 19.6 Å². The third-order valence-electron chi connectivity index (χ3n) is 5.16. The van der Waals surface area contributed by atoms with Crippen LogP contribution in [0.1, 0.15) is 25.3 Å². The highest BCUT2D eigenvalue weighted by Gasteiger charge is 2.61. The SMILES string of the molecule is CON(Cc1ccc(-c2noc(C(F)(F)F)n2)cc1)C(=O)C1C(C=C(Cl)Cl)C1(C)C. The van der Waals surface area contributed by atoms with Gasteiger partial charge in [-0.25, -0.2) is 5.06 Å². The van der Waals surface area contributed by atoms with Crippen molar-refractivity contribution in [2.24, 2.45) is 17.3 Å². The molecule has 11 heteroatoms. The van der Waals surface area contributed by atoms with Crippen LogP contribution < -0.4 is 0 Å². The highest BCUT2D eigenvalue weighted by molar-refractivity contribution is 6.55. The lowest BCUT2D eigenvalue weighted by Crippen LogP contribution is -2.32. The summed E-state index contributed by atoms with van der Waals surface area (Å²) in [6.07, 6.45) is -3.06. The van der Waals surface area contributed by atoms with Gasteiger partial charge >= 0.3 is 12.1 Å². The van der Waals surface area contributed by atoms with E-state index in [-0.39, 0.29) is 40.0 Å². The number of benzene rings is 1. The van der Waals surface area contributed by atoms with E-state index in [1.165, 1.54) is 12.2 Å². The topological polar surface area (TPSA) is 68.5 Å². The van der Waals surface area contributed by atoms with Crippen molar-refractivity contribution >= 4 is 29.1 Å². The number of hydrogen-bond acceptors (Lipinski definition) is 5. The van der Waals surface area contributed by atoms with Crippen LogP contribution in [-0.4, -0.2) is 28.2 Å². The fraction of sp³-hybridized carbons (Fsp3) is 0.421. The number of rotatable bonds is 6. The van der Waals surface area contributed by atoms with E-state index in [2.05, 4.69) is 14.7 Å². The molecule has 0 aliphatic heterocycles. The number of alkyl halides is 3. The van der Waals surface area contributed by atoms with Crippen molar-refractivity contribution in [3.05, 3.63) is 46.3 Å². The summed E-state index contributed by atoms with van der Waals surface area (Å²) >= 11 is 11.5. The standard InChI is InChI=1S/C19H18Cl2F3N3O3/c1-18(2)12(8-13(20)21)14(18)16(28)27(29-3)9-10-4-6-11(7-5-10)15-25-17(30-26-15)19(22,23)24/h4-8,12,14H,9H2,1-3H3. The van der Waals surface area contributed by atoms with E-state index in [1.54, 1.807) is 30.3 Å². The quantitative estimate of drug-likeness (QED) is 0.548.